The van der Waals surface area contributed by atoms with E-state index in [9.17, 15) is 15.3 Å². The van der Waals surface area contributed by atoms with Gasteiger partial charge in [0.2, 0.25) is 5.88 Å². The van der Waals surface area contributed by atoms with Gasteiger partial charge in [-0.05, 0) is 62.8 Å². The number of nitrogens with two attached hydrogens (primary N) is 1. The largest absolute Gasteiger partial charge is 0.463 e. The van der Waals surface area contributed by atoms with E-state index in [1.165, 1.54) is 11.8 Å². The third kappa shape index (κ3) is 5.32. The lowest BCUT2D eigenvalue weighted by Gasteiger charge is -2.28. The highest BCUT2D eigenvalue weighted by atomic mass is 32.2. The van der Waals surface area contributed by atoms with Crippen molar-refractivity contribution in [1.29, 1.82) is 10.5 Å². The van der Waals surface area contributed by atoms with Gasteiger partial charge in [0, 0.05) is 10.6 Å². The van der Waals surface area contributed by atoms with Gasteiger partial charge in [-0.3, -0.25) is 0 Å². The third-order valence-electron chi connectivity index (χ3n) is 5.86. The van der Waals surface area contributed by atoms with Crippen molar-refractivity contribution in [3.8, 4) is 12.1 Å². The summed E-state index contributed by atoms with van der Waals surface area (Å²) in [6.45, 7) is 7.59. The van der Waals surface area contributed by atoms with Crippen molar-refractivity contribution in [3.05, 3.63) is 75.0 Å². The molecule has 7 nitrogen and oxygen atoms in total. The van der Waals surface area contributed by atoms with Crippen LogP contribution >= 0.6 is 23.5 Å². The number of hydrogen-bond donors (Lipinski definition) is 1. The van der Waals surface area contributed by atoms with Crippen LogP contribution in [-0.2, 0) is 14.3 Å². The van der Waals surface area contributed by atoms with Crippen LogP contribution in [0.5, 0.6) is 0 Å². The monoisotopic (exact) mass is 506 g/mol. The first-order valence-electron chi connectivity index (χ1n) is 10.9. The van der Waals surface area contributed by atoms with Crippen LogP contribution in [0.25, 0.3) is 0 Å². The number of ether oxygens (including phenoxy) is 2. The Morgan fingerprint density at radius 3 is 2.43 bits per heavy atom. The van der Waals surface area contributed by atoms with Crippen LogP contribution in [0, 0.1) is 43.4 Å². The maximum atomic E-state index is 13.2. The van der Waals surface area contributed by atoms with Gasteiger partial charge in [-0.1, -0.05) is 23.9 Å². The summed E-state index contributed by atoms with van der Waals surface area (Å²) in [6, 6.07) is 12.0. The molecule has 0 amide bonds. The maximum absolute atomic E-state index is 13.2. The van der Waals surface area contributed by atoms with Gasteiger partial charge < -0.3 is 15.2 Å². The van der Waals surface area contributed by atoms with Gasteiger partial charge in [0.25, 0.3) is 0 Å². The summed E-state index contributed by atoms with van der Waals surface area (Å²) in [5, 5.41) is 20.1. The molecule has 1 aromatic heterocycles. The van der Waals surface area contributed by atoms with E-state index in [1.807, 2.05) is 51.3 Å². The molecule has 2 N–H and O–H groups in total. The van der Waals surface area contributed by atoms with Crippen molar-refractivity contribution >= 4 is 29.5 Å². The van der Waals surface area contributed by atoms with Crippen LogP contribution in [0.3, 0.4) is 0 Å². The average Bonchev–Trinajstić information content (AvgIpc) is 2.85. The molecule has 1 aliphatic heterocycles. The second-order valence-electron chi connectivity index (χ2n) is 7.78. The number of thioether (sulfide) groups is 2. The fraction of sp³-hybridized carbons (Fsp3) is 0.308. The molecule has 0 bridgehead atoms. The standard InChI is InChI=1S/C26H26N4O3S2/c1-6-32-26(31)23-21(13-35-25-19(11-27)15(3)14(2)16(4)30-25)33-24(29)20(12-28)22(23)17-7-9-18(34-5)10-8-17/h7-10,22H,6,13,29H2,1-5H3. The molecule has 2 aromatic rings. The minimum Gasteiger partial charge on any atom is -0.463 e. The van der Waals surface area contributed by atoms with Crippen molar-refractivity contribution in [1.82, 2.24) is 4.98 Å². The second-order valence-corrected chi connectivity index (χ2v) is 9.63. The number of nitrogens with zero attached hydrogens (tertiary/aromatic N) is 3. The second kappa shape index (κ2) is 11.4. The van der Waals surface area contributed by atoms with E-state index < -0.39 is 11.9 Å². The molecule has 180 valence electrons. The summed E-state index contributed by atoms with van der Waals surface area (Å²) in [7, 11) is 0. The SMILES string of the molecule is CCOC(=O)C1=C(CSc2nc(C)c(C)c(C)c2C#N)OC(N)=C(C#N)C1c1ccc(SC)cc1. The number of benzene rings is 1. The van der Waals surface area contributed by atoms with Crippen molar-refractivity contribution in [2.75, 3.05) is 18.6 Å². The number of nitriles is 2. The van der Waals surface area contributed by atoms with Gasteiger partial charge in [-0.15, -0.1) is 11.8 Å². The Morgan fingerprint density at radius 1 is 1.17 bits per heavy atom. The highest BCUT2D eigenvalue weighted by Gasteiger charge is 2.37. The van der Waals surface area contributed by atoms with Crippen molar-refractivity contribution in [3.63, 3.8) is 0 Å². The first-order valence-corrected chi connectivity index (χ1v) is 13.1. The number of aromatic nitrogens is 1. The minimum atomic E-state index is -0.732. The molecule has 1 aromatic carbocycles. The maximum Gasteiger partial charge on any atom is 0.338 e. The summed E-state index contributed by atoms with van der Waals surface area (Å²) in [4.78, 5) is 18.8. The van der Waals surface area contributed by atoms with E-state index in [-0.39, 0.29) is 35.1 Å². The Labute approximate surface area is 214 Å². The fourth-order valence-corrected chi connectivity index (χ4v) is 5.20. The van der Waals surface area contributed by atoms with E-state index >= 15 is 0 Å². The average molecular weight is 507 g/mol. The lowest BCUT2D eigenvalue weighted by molar-refractivity contribution is -0.139. The molecule has 0 spiro atoms. The van der Waals surface area contributed by atoms with E-state index in [2.05, 4.69) is 17.1 Å². The Morgan fingerprint density at radius 2 is 1.86 bits per heavy atom. The highest BCUT2D eigenvalue weighted by molar-refractivity contribution is 7.99. The first-order chi connectivity index (χ1) is 16.8. The Balaban J connectivity index is 2.12. The van der Waals surface area contributed by atoms with Gasteiger partial charge in [0.15, 0.2) is 0 Å². The van der Waals surface area contributed by atoms with Gasteiger partial charge in [-0.25, -0.2) is 9.78 Å². The lowest BCUT2D eigenvalue weighted by atomic mass is 9.83. The topological polar surface area (TPSA) is 122 Å². The van der Waals surface area contributed by atoms with Crippen LogP contribution in [-0.4, -0.2) is 29.6 Å². The van der Waals surface area contributed by atoms with E-state index in [4.69, 9.17) is 15.2 Å². The minimum absolute atomic E-state index is 0.0557. The Hall–Kier alpha value is -3.40. The molecular formula is C26H26N4O3S2. The van der Waals surface area contributed by atoms with E-state index in [1.54, 1.807) is 18.7 Å². The fourth-order valence-electron chi connectivity index (χ4n) is 3.77. The van der Waals surface area contributed by atoms with Gasteiger partial charge >= 0.3 is 5.97 Å². The lowest BCUT2D eigenvalue weighted by Crippen LogP contribution is -2.27. The number of rotatable bonds is 7. The number of carbonyl (C=O) groups is 1. The molecule has 1 unspecified atom stereocenters. The number of pyridine rings is 1. The molecule has 1 aliphatic rings. The molecule has 1 atom stereocenters. The number of hydrogen-bond acceptors (Lipinski definition) is 9. The predicted molar refractivity (Wildman–Crippen MR) is 136 cm³/mol. The zero-order valence-corrected chi connectivity index (χ0v) is 21.9. The van der Waals surface area contributed by atoms with Crippen molar-refractivity contribution in [2.45, 2.75) is 43.5 Å². The van der Waals surface area contributed by atoms with Crippen LogP contribution in [0.2, 0.25) is 0 Å². The number of carbonyl (C=O) groups excluding carboxylic acids is 1. The Bertz CT molecular complexity index is 1300. The van der Waals surface area contributed by atoms with Crippen LogP contribution < -0.4 is 5.73 Å². The van der Waals surface area contributed by atoms with Gasteiger partial charge in [0.1, 0.15) is 28.5 Å². The molecule has 0 aliphatic carbocycles. The summed E-state index contributed by atoms with van der Waals surface area (Å²) in [5.41, 5.74) is 10.4. The van der Waals surface area contributed by atoms with Gasteiger partial charge in [0.05, 0.1) is 29.4 Å². The smallest absolute Gasteiger partial charge is 0.338 e. The molecule has 0 fully saturated rings. The normalized spacial score (nSPS) is 15.3. The summed E-state index contributed by atoms with van der Waals surface area (Å²) < 4.78 is 11.2. The van der Waals surface area contributed by atoms with Gasteiger partial charge in [-0.2, -0.15) is 10.5 Å². The number of aryl methyl sites for hydroxylation is 1. The molecule has 9 heteroatoms. The van der Waals surface area contributed by atoms with Crippen LogP contribution in [0.1, 0.15) is 40.8 Å². The summed E-state index contributed by atoms with van der Waals surface area (Å²) >= 11 is 2.87. The quantitative estimate of drug-likeness (QED) is 0.407. The first kappa shape index (κ1) is 26.2. The van der Waals surface area contributed by atoms with Crippen LogP contribution in [0.15, 0.2) is 57.0 Å². The molecular weight excluding hydrogens is 480 g/mol. The predicted octanol–water partition coefficient (Wildman–Crippen LogP) is 5.02. The molecule has 2 heterocycles. The zero-order chi connectivity index (χ0) is 25.7. The zero-order valence-electron chi connectivity index (χ0n) is 20.3. The highest BCUT2D eigenvalue weighted by Crippen LogP contribution is 2.41. The third-order valence-corrected chi connectivity index (χ3v) is 7.58. The summed E-state index contributed by atoms with van der Waals surface area (Å²) in [5.74, 6) is -0.905. The van der Waals surface area contributed by atoms with E-state index in [0.717, 1.165) is 27.3 Å². The molecule has 35 heavy (non-hydrogen) atoms. The van der Waals surface area contributed by atoms with E-state index in [0.29, 0.717) is 10.6 Å². The van der Waals surface area contributed by atoms with Crippen LogP contribution in [0.4, 0.5) is 0 Å². The molecule has 0 saturated heterocycles. The molecule has 0 saturated carbocycles. The van der Waals surface area contributed by atoms with Crippen molar-refractivity contribution in [2.24, 2.45) is 5.73 Å². The molecule has 3 rings (SSSR count). The summed E-state index contributed by atoms with van der Waals surface area (Å²) in [6.07, 6.45) is 1.97. The van der Waals surface area contributed by atoms with Crippen molar-refractivity contribution < 1.29 is 14.3 Å². The Kier molecular flexibility index (Phi) is 8.50. The molecule has 0 radical (unpaired) electrons. The number of allylic oxidation sites excluding steroid dienone is 1. The number of esters is 1.